The van der Waals surface area contributed by atoms with Gasteiger partial charge in [0.1, 0.15) is 50.4 Å². The van der Waals surface area contributed by atoms with Crippen LogP contribution >= 0.6 is 0 Å². The molecule has 3 heterocycles. The van der Waals surface area contributed by atoms with Crippen molar-refractivity contribution in [1.82, 2.24) is 19.5 Å². The van der Waals surface area contributed by atoms with Gasteiger partial charge in [-0.05, 0) is 53.6 Å². The molecule has 3 aromatic heterocycles. The van der Waals surface area contributed by atoms with Gasteiger partial charge in [0.25, 0.3) is 0 Å². The normalized spacial score (nSPS) is 11.6. The summed E-state index contributed by atoms with van der Waals surface area (Å²) < 4.78 is 8.86. The molecule has 10 aromatic rings. The molecule has 55 heavy (non-hydrogen) atoms. The van der Waals surface area contributed by atoms with Crippen molar-refractivity contribution in [2.24, 2.45) is 0 Å². The van der Waals surface area contributed by atoms with Gasteiger partial charge in [-0.3, -0.25) is 0 Å². The molecular weight excluding hydrogens is 667 g/mol. The lowest BCUT2D eigenvalue weighted by atomic mass is 9.60. The van der Waals surface area contributed by atoms with Gasteiger partial charge in [-0.2, -0.15) is 0 Å². The summed E-state index contributed by atoms with van der Waals surface area (Å²) in [6, 6.07) is 47.2. The van der Waals surface area contributed by atoms with Crippen LogP contribution in [0.5, 0.6) is 0 Å². The van der Waals surface area contributed by atoms with Crippen molar-refractivity contribution in [2.45, 2.75) is 0 Å². The van der Waals surface area contributed by atoms with Crippen LogP contribution in [0, 0.1) is 0 Å². The molecule has 0 bridgehead atoms. The minimum Gasteiger partial charge on any atom is -0.456 e. The topological polar surface area (TPSA) is 56.7 Å². The Hall–Kier alpha value is -6.53. The van der Waals surface area contributed by atoms with E-state index in [1.54, 1.807) is 0 Å². The first-order chi connectivity index (χ1) is 26.9. The van der Waals surface area contributed by atoms with Crippen molar-refractivity contribution in [3.05, 3.63) is 140 Å². The lowest BCUT2D eigenvalue weighted by Crippen LogP contribution is -2.55. The zero-order chi connectivity index (χ0) is 37.4. The SMILES string of the molecule is [B]c1c([B])c([B])c(-c2nc(-c3ccccc3)nc(-c3cccc4oc5cccc(-c6ccc7c(c6)c6ccccc6n7-c6ccccc6)c5c34)n2)c([B])c1[B]. The van der Waals surface area contributed by atoms with Gasteiger partial charge in [-0.1, -0.05) is 108 Å². The Morgan fingerprint density at radius 3 is 1.71 bits per heavy atom. The fraction of sp³-hybridized carbons (Fsp3) is 0. The number of rotatable bonds is 5. The second-order valence-corrected chi connectivity index (χ2v) is 13.5. The zero-order valence-electron chi connectivity index (χ0n) is 29.4. The van der Waals surface area contributed by atoms with E-state index >= 15 is 0 Å². The van der Waals surface area contributed by atoms with Crippen LogP contribution in [0.2, 0.25) is 0 Å². The van der Waals surface area contributed by atoms with Crippen molar-refractivity contribution >= 4 is 110 Å². The molecule has 0 saturated carbocycles. The number of para-hydroxylation sites is 2. The van der Waals surface area contributed by atoms with E-state index in [4.69, 9.17) is 58.6 Å². The van der Waals surface area contributed by atoms with Crippen LogP contribution in [-0.4, -0.2) is 58.8 Å². The molecule has 0 atom stereocenters. The maximum absolute atomic E-state index is 6.55. The molecule has 0 spiro atoms. The summed E-state index contributed by atoms with van der Waals surface area (Å²) in [5.41, 5.74) is 9.24. The number of fused-ring (bicyclic) bond motifs is 6. The largest absolute Gasteiger partial charge is 0.456 e. The van der Waals surface area contributed by atoms with Crippen molar-refractivity contribution < 1.29 is 4.42 Å². The van der Waals surface area contributed by atoms with E-state index in [0.717, 1.165) is 60.7 Å². The Balaban J connectivity index is 1.23. The summed E-state index contributed by atoms with van der Waals surface area (Å²) in [6.45, 7) is 0. The van der Waals surface area contributed by atoms with Crippen molar-refractivity contribution in [3.63, 3.8) is 0 Å². The van der Waals surface area contributed by atoms with E-state index in [9.17, 15) is 0 Å². The maximum atomic E-state index is 6.55. The standard InChI is InChI=1S/C45H23B5N4O/c46-38-37(39(47)41(49)42(50)40(38)48)45-52-43(24-11-3-1-4-12-24)51-44(53-45)29-17-10-20-34-36(29)35-27(16-9-19-33(35)55-34)25-21-22-32-30(23-25)28-15-7-8-18-31(28)54(32)26-13-5-2-6-14-26/h1-23H. The molecule has 10 heteroatoms. The van der Waals surface area contributed by atoms with Crippen LogP contribution < -0.4 is 27.3 Å². The molecule has 5 nitrogen and oxygen atoms in total. The number of furan rings is 1. The number of hydrogen-bond acceptors (Lipinski definition) is 4. The summed E-state index contributed by atoms with van der Waals surface area (Å²) in [6.07, 6.45) is 0. The predicted octanol–water partition coefficient (Wildman–Crippen LogP) is 5.51. The molecule has 7 aromatic carbocycles. The minimum atomic E-state index is 0.112. The smallest absolute Gasteiger partial charge is 0.164 e. The highest BCUT2D eigenvalue weighted by Gasteiger charge is 2.22. The third-order valence-electron chi connectivity index (χ3n) is 10.4. The number of nitrogens with zero attached hydrogens (tertiary/aromatic N) is 4. The van der Waals surface area contributed by atoms with E-state index in [2.05, 4.69) is 77.4 Å². The van der Waals surface area contributed by atoms with Crippen molar-refractivity contribution in [3.8, 4) is 51.0 Å². The van der Waals surface area contributed by atoms with Crippen LogP contribution in [0.25, 0.3) is 94.7 Å². The summed E-state index contributed by atoms with van der Waals surface area (Å²) in [5.74, 6) is 1.02. The van der Waals surface area contributed by atoms with Gasteiger partial charge < -0.3 is 8.98 Å². The van der Waals surface area contributed by atoms with Gasteiger partial charge in [-0.25, -0.2) is 15.0 Å². The van der Waals surface area contributed by atoms with Gasteiger partial charge in [0.2, 0.25) is 0 Å². The second-order valence-electron chi connectivity index (χ2n) is 13.5. The van der Waals surface area contributed by atoms with E-state index in [1.165, 1.54) is 5.39 Å². The number of benzene rings is 7. The summed E-state index contributed by atoms with van der Waals surface area (Å²) in [7, 11) is 31.9. The van der Waals surface area contributed by atoms with Gasteiger partial charge >= 0.3 is 0 Å². The van der Waals surface area contributed by atoms with E-state index < -0.39 is 0 Å². The molecule has 0 aliphatic carbocycles. The zero-order valence-corrected chi connectivity index (χ0v) is 29.4. The van der Waals surface area contributed by atoms with Gasteiger partial charge in [-0.15, -0.1) is 16.4 Å². The Morgan fingerprint density at radius 1 is 0.418 bits per heavy atom. The highest BCUT2D eigenvalue weighted by molar-refractivity contribution is 6.68. The monoisotopic (exact) mass is 690 g/mol. The molecule has 0 saturated heterocycles. The Morgan fingerprint density at radius 2 is 0.982 bits per heavy atom. The molecule has 0 N–H and O–H groups in total. The minimum absolute atomic E-state index is 0.112. The van der Waals surface area contributed by atoms with Crippen LogP contribution in [0.3, 0.4) is 0 Å². The molecule has 0 fully saturated rings. The molecule has 0 aliphatic rings. The fourth-order valence-corrected chi connectivity index (χ4v) is 7.70. The van der Waals surface area contributed by atoms with Crippen molar-refractivity contribution in [2.75, 3.05) is 0 Å². The van der Waals surface area contributed by atoms with E-state index in [1.807, 2.05) is 66.7 Å². The van der Waals surface area contributed by atoms with Crippen LogP contribution in [-0.2, 0) is 0 Å². The van der Waals surface area contributed by atoms with Crippen LogP contribution in [0.15, 0.2) is 144 Å². The lowest BCUT2D eigenvalue weighted by molar-refractivity contribution is 0.669. The van der Waals surface area contributed by atoms with Gasteiger partial charge in [0.05, 0.1) is 11.0 Å². The molecular formula is C45H23B5N4O. The molecule has 10 rings (SSSR count). The first-order valence-corrected chi connectivity index (χ1v) is 17.7. The Bertz CT molecular complexity index is 3130. The highest BCUT2D eigenvalue weighted by Crippen LogP contribution is 2.43. The van der Waals surface area contributed by atoms with Crippen LogP contribution in [0.1, 0.15) is 0 Å². The second kappa shape index (κ2) is 12.8. The maximum Gasteiger partial charge on any atom is 0.164 e. The van der Waals surface area contributed by atoms with Crippen LogP contribution in [0.4, 0.5) is 0 Å². The third-order valence-corrected chi connectivity index (χ3v) is 10.4. The average molecular weight is 690 g/mol. The van der Waals surface area contributed by atoms with Gasteiger partial charge in [0.15, 0.2) is 17.5 Å². The molecule has 244 valence electrons. The number of aromatic nitrogens is 4. The lowest BCUT2D eigenvalue weighted by Gasteiger charge is -2.20. The third kappa shape index (κ3) is 5.19. The molecule has 10 radical (unpaired) electrons. The Kier molecular flexibility index (Phi) is 7.70. The average Bonchev–Trinajstić information content (AvgIpc) is 3.78. The Labute approximate surface area is 323 Å². The summed E-state index contributed by atoms with van der Waals surface area (Å²) >= 11 is 0. The molecule has 0 aliphatic heterocycles. The quantitative estimate of drug-likeness (QED) is 0.224. The predicted molar refractivity (Wildman–Crippen MR) is 230 cm³/mol. The van der Waals surface area contributed by atoms with Gasteiger partial charge in [0, 0.05) is 43.9 Å². The van der Waals surface area contributed by atoms with E-state index in [0.29, 0.717) is 17.2 Å². The highest BCUT2D eigenvalue weighted by atomic mass is 16.3. The summed E-state index contributed by atoms with van der Waals surface area (Å²) in [5, 5.41) is 4.10. The first-order valence-electron chi connectivity index (χ1n) is 17.7. The van der Waals surface area contributed by atoms with Crippen molar-refractivity contribution in [1.29, 1.82) is 0 Å². The van der Waals surface area contributed by atoms with E-state index in [-0.39, 0.29) is 38.7 Å². The number of hydrogen-bond donors (Lipinski definition) is 0. The molecule has 0 amide bonds. The fourth-order valence-electron chi connectivity index (χ4n) is 7.70. The molecule has 0 unspecified atom stereocenters. The first kappa shape index (κ1) is 33.1. The summed E-state index contributed by atoms with van der Waals surface area (Å²) in [4.78, 5) is 14.9.